The molecule has 2 heteroatoms. The van der Waals surface area contributed by atoms with Gasteiger partial charge in [-0.2, -0.15) is 0 Å². The van der Waals surface area contributed by atoms with Crippen LogP contribution in [0.15, 0.2) is 30.3 Å². The first-order chi connectivity index (χ1) is 6.20. The molecule has 1 N–H and O–H groups in total. The Bertz CT molecular complexity index is 233. The van der Waals surface area contributed by atoms with Gasteiger partial charge in [-0.1, -0.05) is 30.3 Å². The van der Waals surface area contributed by atoms with Crippen LogP contribution in [0.4, 0.5) is 0 Å². The molecule has 0 aliphatic carbocycles. The number of alkyl halides is 1. The van der Waals surface area contributed by atoms with Gasteiger partial charge in [0.15, 0.2) is 0 Å². The van der Waals surface area contributed by atoms with Crippen molar-refractivity contribution in [2.45, 2.75) is 31.8 Å². The third-order valence-corrected chi connectivity index (χ3v) is 2.54. The highest BCUT2D eigenvalue weighted by atomic mass is 35.5. The zero-order chi connectivity index (χ0) is 9.68. The lowest BCUT2D eigenvalue weighted by molar-refractivity contribution is 0.539. The number of nitrogens with one attached hydrogen (secondary N) is 1. The van der Waals surface area contributed by atoms with Crippen LogP contribution in [0.2, 0.25) is 0 Å². The van der Waals surface area contributed by atoms with Gasteiger partial charge < -0.3 is 5.32 Å². The van der Waals surface area contributed by atoms with Crippen LogP contribution in [0, 0.1) is 0 Å². The van der Waals surface area contributed by atoms with Crippen molar-refractivity contribution in [2.24, 2.45) is 0 Å². The molecule has 1 aromatic rings. The Labute approximate surface area is 85.1 Å². The molecule has 0 aliphatic rings. The number of hydrogen-bond donors (Lipinski definition) is 1. The Morgan fingerprint density at radius 1 is 1.23 bits per heavy atom. The molecule has 0 aliphatic heterocycles. The summed E-state index contributed by atoms with van der Waals surface area (Å²) >= 11 is 5.93. The van der Waals surface area contributed by atoms with Crippen molar-refractivity contribution < 1.29 is 0 Å². The highest BCUT2D eigenvalue weighted by molar-refractivity contribution is 6.20. The summed E-state index contributed by atoms with van der Waals surface area (Å²) in [7, 11) is 0. The Hall–Kier alpha value is -0.530. The third kappa shape index (κ3) is 3.79. The summed E-state index contributed by atoms with van der Waals surface area (Å²) in [5, 5.41) is 3.54. The fraction of sp³-hybridized carbons (Fsp3) is 0.455. The normalized spacial score (nSPS) is 15.3. The van der Waals surface area contributed by atoms with E-state index in [4.69, 9.17) is 11.6 Å². The van der Waals surface area contributed by atoms with Crippen molar-refractivity contribution in [1.29, 1.82) is 0 Å². The zero-order valence-corrected chi connectivity index (χ0v) is 8.88. The summed E-state index contributed by atoms with van der Waals surface area (Å²) in [4.78, 5) is 0. The minimum absolute atomic E-state index is 0.170. The Morgan fingerprint density at radius 2 is 1.85 bits per heavy atom. The van der Waals surface area contributed by atoms with E-state index < -0.39 is 0 Å². The first kappa shape index (κ1) is 10.6. The minimum atomic E-state index is 0.170. The smallest absolute Gasteiger partial charge is 0.0458 e. The summed E-state index contributed by atoms with van der Waals surface area (Å²) in [5.41, 5.74) is 1.30. The average molecular weight is 198 g/mol. The van der Waals surface area contributed by atoms with Crippen LogP contribution in [0.5, 0.6) is 0 Å². The van der Waals surface area contributed by atoms with Gasteiger partial charge in [-0.25, -0.2) is 0 Å². The number of rotatable bonds is 4. The standard InChI is InChI=1S/C11H16ClN/c1-9(12)10(2)13-8-11-6-4-3-5-7-11/h3-7,9-10,13H,8H2,1-2H3. The van der Waals surface area contributed by atoms with Crippen LogP contribution in [-0.2, 0) is 6.54 Å². The van der Waals surface area contributed by atoms with Gasteiger partial charge in [-0.15, -0.1) is 11.6 Å². The fourth-order valence-electron chi connectivity index (χ4n) is 1.04. The Balaban J connectivity index is 2.35. The average Bonchev–Trinajstić information content (AvgIpc) is 2.15. The van der Waals surface area contributed by atoms with E-state index in [1.54, 1.807) is 0 Å². The molecule has 2 unspecified atom stereocenters. The van der Waals surface area contributed by atoms with Crippen LogP contribution < -0.4 is 5.32 Å². The van der Waals surface area contributed by atoms with Gasteiger partial charge in [-0.3, -0.25) is 0 Å². The molecule has 0 amide bonds. The Morgan fingerprint density at radius 3 is 2.38 bits per heavy atom. The van der Waals surface area contributed by atoms with E-state index in [-0.39, 0.29) is 5.38 Å². The molecular formula is C11H16ClN. The second-order valence-corrected chi connectivity index (χ2v) is 4.02. The van der Waals surface area contributed by atoms with Crippen LogP contribution in [0.1, 0.15) is 19.4 Å². The second-order valence-electron chi connectivity index (χ2n) is 3.33. The van der Waals surface area contributed by atoms with Gasteiger partial charge in [-0.05, 0) is 19.4 Å². The summed E-state index contributed by atoms with van der Waals surface area (Å²) in [6.07, 6.45) is 0. The van der Waals surface area contributed by atoms with Crippen molar-refractivity contribution in [3.8, 4) is 0 Å². The van der Waals surface area contributed by atoms with Crippen LogP contribution in [-0.4, -0.2) is 11.4 Å². The molecule has 0 radical (unpaired) electrons. The van der Waals surface area contributed by atoms with E-state index in [0.29, 0.717) is 6.04 Å². The van der Waals surface area contributed by atoms with Crippen LogP contribution in [0.3, 0.4) is 0 Å². The predicted molar refractivity (Wildman–Crippen MR) is 58.1 cm³/mol. The first-order valence-electron chi connectivity index (χ1n) is 4.61. The molecule has 0 saturated heterocycles. The van der Waals surface area contributed by atoms with Gasteiger partial charge in [0, 0.05) is 18.0 Å². The fourth-order valence-corrected chi connectivity index (χ4v) is 1.13. The lowest BCUT2D eigenvalue weighted by Gasteiger charge is -2.15. The van der Waals surface area contributed by atoms with Gasteiger partial charge in [0.05, 0.1) is 0 Å². The molecule has 13 heavy (non-hydrogen) atoms. The molecule has 0 aromatic heterocycles. The van der Waals surface area contributed by atoms with Gasteiger partial charge in [0.25, 0.3) is 0 Å². The monoisotopic (exact) mass is 197 g/mol. The molecule has 0 spiro atoms. The summed E-state index contributed by atoms with van der Waals surface area (Å²) in [5.74, 6) is 0. The molecule has 0 heterocycles. The van der Waals surface area contributed by atoms with Crippen molar-refractivity contribution in [2.75, 3.05) is 0 Å². The largest absolute Gasteiger partial charge is 0.309 e. The van der Waals surface area contributed by atoms with Gasteiger partial charge in [0.1, 0.15) is 0 Å². The molecule has 72 valence electrons. The summed E-state index contributed by atoms with van der Waals surface area (Å²) < 4.78 is 0. The van der Waals surface area contributed by atoms with E-state index in [1.165, 1.54) is 5.56 Å². The van der Waals surface area contributed by atoms with E-state index in [1.807, 2.05) is 25.1 Å². The van der Waals surface area contributed by atoms with Gasteiger partial charge in [0.2, 0.25) is 0 Å². The second kappa shape index (κ2) is 5.25. The highest BCUT2D eigenvalue weighted by Gasteiger charge is 2.06. The van der Waals surface area contributed by atoms with Crippen molar-refractivity contribution in [1.82, 2.24) is 5.32 Å². The molecule has 0 bridgehead atoms. The van der Waals surface area contributed by atoms with E-state index in [0.717, 1.165) is 6.54 Å². The SMILES string of the molecule is CC(Cl)C(C)NCc1ccccc1. The molecule has 2 atom stereocenters. The molecule has 1 nitrogen and oxygen atoms in total. The van der Waals surface area contributed by atoms with Crippen LogP contribution >= 0.6 is 11.6 Å². The maximum Gasteiger partial charge on any atom is 0.0458 e. The Kier molecular flexibility index (Phi) is 4.26. The van der Waals surface area contributed by atoms with E-state index in [9.17, 15) is 0 Å². The highest BCUT2D eigenvalue weighted by Crippen LogP contribution is 2.03. The molecule has 1 rings (SSSR count). The van der Waals surface area contributed by atoms with Crippen molar-refractivity contribution in [3.63, 3.8) is 0 Å². The lowest BCUT2D eigenvalue weighted by atomic mass is 10.2. The number of halogens is 1. The van der Waals surface area contributed by atoms with E-state index >= 15 is 0 Å². The number of hydrogen-bond acceptors (Lipinski definition) is 1. The topological polar surface area (TPSA) is 12.0 Å². The lowest BCUT2D eigenvalue weighted by Crippen LogP contribution is -2.32. The molecule has 0 fully saturated rings. The molecule has 1 aromatic carbocycles. The first-order valence-corrected chi connectivity index (χ1v) is 5.05. The maximum absolute atomic E-state index is 5.93. The van der Waals surface area contributed by atoms with Crippen molar-refractivity contribution >= 4 is 11.6 Å². The zero-order valence-electron chi connectivity index (χ0n) is 8.13. The quantitative estimate of drug-likeness (QED) is 0.733. The maximum atomic E-state index is 5.93. The van der Waals surface area contributed by atoms with E-state index in [2.05, 4.69) is 24.4 Å². The number of benzene rings is 1. The third-order valence-electron chi connectivity index (χ3n) is 2.16. The summed E-state index contributed by atoms with van der Waals surface area (Å²) in [6, 6.07) is 10.7. The predicted octanol–water partition coefficient (Wildman–Crippen LogP) is 2.79. The minimum Gasteiger partial charge on any atom is -0.309 e. The van der Waals surface area contributed by atoms with Crippen molar-refractivity contribution in [3.05, 3.63) is 35.9 Å². The molecular weight excluding hydrogens is 182 g/mol. The summed E-state index contributed by atoms with van der Waals surface area (Å²) in [6.45, 7) is 4.99. The van der Waals surface area contributed by atoms with Crippen LogP contribution in [0.25, 0.3) is 0 Å². The van der Waals surface area contributed by atoms with Gasteiger partial charge >= 0.3 is 0 Å². The molecule has 0 saturated carbocycles.